The zero-order valence-electron chi connectivity index (χ0n) is 18.2. The van der Waals surface area contributed by atoms with Gasteiger partial charge in [-0.1, -0.05) is 42.6 Å². The Kier molecular flexibility index (Phi) is 11.4. The fourth-order valence-electron chi connectivity index (χ4n) is 2.69. The molecular formula is C23H28Cl2N2O4S. The lowest BCUT2D eigenvalue weighted by Crippen LogP contribution is -2.38. The number of thiocarbonyl (C=S) groups is 1. The van der Waals surface area contributed by atoms with Gasteiger partial charge in [-0.2, -0.15) is 0 Å². The van der Waals surface area contributed by atoms with Gasteiger partial charge < -0.3 is 24.8 Å². The molecule has 0 heterocycles. The lowest BCUT2D eigenvalue weighted by atomic mass is 10.2. The number of rotatable bonds is 12. The summed E-state index contributed by atoms with van der Waals surface area (Å²) in [6.45, 7) is 3.56. The molecular weight excluding hydrogens is 471 g/mol. The summed E-state index contributed by atoms with van der Waals surface area (Å²) in [6.07, 6.45) is 2.84. The highest BCUT2D eigenvalue weighted by Crippen LogP contribution is 2.29. The number of benzene rings is 2. The van der Waals surface area contributed by atoms with E-state index >= 15 is 0 Å². The van der Waals surface area contributed by atoms with Crippen molar-refractivity contribution in [3.8, 4) is 17.2 Å². The van der Waals surface area contributed by atoms with Crippen molar-refractivity contribution in [1.29, 1.82) is 0 Å². The Hall–Kier alpha value is -2.22. The van der Waals surface area contributed by atoms with Crippen molar-refractivity contribution < 1.29 is 19.0 Å². The third-order valence-corrected chi connectivity index (χ3v) is 5.17. The highest BCUT2D eigenvalue weighted by atomic mass is 35.5. The molecule has 0 bridgehead atoms. The van der Waals surface area contributed by atoms with Gasteiger partial charge in [-0.15, -0.1) is 0 Å². The summed E-state index contributed by atoms with van der Waals surface area (Å²) in [5.74, 6) is 1.72. The van der Waals surface area contributed by atoms with E-state index in [2.05, 4.69) is 17.6 Å². The minimum atomic E-state index is -0.189. The van der Waals surface area contributed by atoms with Crippen molar-refractivity contribution in [3.05, 3.63) is 52.0 Å². The van der Waals surface area contributed by atoms with Gasteiger partial charge in [0.05, 0.1) is 25.3 Å². The maximum Gasteiger partial charge on any atom is 0.226 e. The molecule has 6 nitrogen and oxygen atoms in total. The molecule has 0 fully saturated rings. The van der Waals surface area contributed by atoms with Crippen LogP contribution in [-0.2, 0) is 11.3 Å². The Morgan fingerprint density at radius 3 is 2.44 bits per heavy atom. The van der Waals surface area contributed by atoms with Gasteiger partial charge in [0.2, 0.25) is 5.91 Å². The van der Waals surface area contributed by atoms with E-state index in [-0.39, 0.29) is 17.4 Å². The molecule has 174 valence electrons. The topological polar surface area (TPSA) is 68.8 Å². The minimum Gasteiger partial charge on any atom is -0.493 e. The maximum atomic E-state index is 12.1. The molecule has 0 aliphatic carbocycles. The summed E-state index contributed by atoms with van der Waals surface area (Å²) < 4.78 is 16.7. The summed E-state index contributed by atoms with van der Waals surface area (Å²) in [5.41, 5.74) is 0.953. The van der Waals surface area contributed by atoms with Gasteiger partial charge in [0, 0.05) is 18.0 Å². The van der Waals surface area contributed by atoms with Crippen LogP contribution in [0.15, 0.2) is 36.4 Å². The van der Waals surface area contributed by atoms with Gasteiger partial charge >= 0.3 is 0 Å². The van der Waals surface area contributed by atoms with Gasteiger partial charge in [-0.25, -0.2) is 0 Å². The average Bonchev–Trinajstić information content (AvgIpc) is 2.77. The Morgan fingerprint density at radius 1 is 1.00 bits per heavy atom. The number of hydrogen-bond donors (Lipinski definition) is 2. The van der Waals surface area contributed by atoms with E-state index < -0.39 is 0 Å². The second-order valence-electron chi connectivity index (χ2n) is 6.94. The first-order chi connectivity index (χ1) is 15.4. The summed E-state index contributed by atoms with van der Waals surface area (Å²) in [5, 5.41) is 6.93. The largest absolute Gasteiger partial charge is 0.493 e. The lowest BCUT2D eigenvalue weighted by Gasteiger charge is -2.13. The number of methoxy groups -OCH3 is 1. The molecule has 2 rings (SSSR count). The number of unbranched alkanes of at least 4 members (excludes halogenated alkanes) is 1. The van der Waals surface area contributed by atoms with Crippen LogP contribution in [0.1, 0.15) is 38.2 Å². The third kappa shape index (κ3) is 9.10. The van der Waals surface area contributed by atoms with Gasteiger partial charge in [0.1, 0.15) is 5.75 Å². The predicted molar refractivity (Wildman–Crippen MR) is 132 cm³/mol. The Balaban J connectivity index is 1.70. The molecule has 9 heteroatoms. The van der Waals surface area contributed by atoms with Crippen molar-refractivity contribution in [2.24, 2.45) is 0 Å². The first kappa shape index (κ1) is 26.0. The summed E-state index contributed by atoms with van der Waals surface area (Å²) in [7, 11) is 1.61. The van der Waals surface area contributed by atoms with E-state index in [4.69, 9.17) is 49.6 Å². The number of amides is 1. The molecule has 0 saturated carbocycles. The van der Waals surface area contributed by atoms with E-state index in [1.807, 2.05) is 18.2 Å². The summed E-state index contributed by atoms with van der Waals surface area (Å²) >= 11 is 17.1. The molecule has 2 aromatic carbocycles. The molecule has 0 atom stereocenters. The number of carbonyl (C=O) groups is 1. The monoisotopic (exact) mass is 498 g/mol. The van der Waals surface area contributed by atoms with Crippen LogP contribution in [0.2, 0.25) is 10.0 Å². The zero-order chi connectivity index (χ0) is 23.3. The van der Waals surface area contributed by atoms with E-state index in [1.165, 1.54) is 0 Å². The van der Waals surface area contributed by atoms with Gasteiger partial charge in [-0.05, 0) is 61.0 Å². The van der Waals surface area contributed by atoms with Gasteiger partial charge in [0.15, 0.2) is 16.6 Å². The fourth-order valence-corrected chi connectivity index (χ4v) is 3.34. The number of hydrogen-bond acceptors (Lipinski definition) is 5. The summed E-state index contributed by atoms with van der Waals surface area (Å²) in [4.78, 5) is 12.1. The second-order valence-corrected chi connectivity index (χ2v) is 8.20. The van der Waals surface area contributed by atoms with Crippen LogP contribution in [0.25, 0.3) is 0 Å². The number of carbonyl (C=O) groups excluding carboxylic acids is 1. The summed E-state index contributed by atoms with van der Waals surface area (Å²) in [6, 6.07) is 10.7. The van der Waals surface area contributed by atoms with Crippen LogP contribution in [0.3, 0.4) is 0 Å². The zero-order valence-corrected chi connectivity index (χ0v) is 20.5. The van der Waals surface area contributed by atoms with Gasteiger partial charge in [-0.3, -0.25) is 4.79 Å². The van der Waals surface area contributed by atoms with Crippen LogP contribution >= 0.6 is 35.4 Å². The van der Waals surface area contributed by atoms with Crippen molar-refractivity contribution in [3.63, 3.8) is 0 Å². The van der Waals surface area contributed by atoms with Crippen molar-refractivity contribution >= 4 is 46.4 Å². The molecule has 32 heavy (non-hydrogen) atoms. The van der Waals surface area contributed by atoms with E-state index in [0.717, 1.165) is 18.4 Å². The Morgan fingerprint density at radius 2 is 1.72 bits per heavy atom. The third-order valence-electron chi connectivity index (χ3n) is 4.39. The van der Waals surface area contributed by atoms with Crippen LogP contribution in [0.5, 0.6) is 17.2 Å². The molecule has 0 unspecified atom stereocenters. The standard InChI is InChI=1S/C23H28Cl2N2O4S/c1-3-4-11-31-20-9-7-16(13-21(20)29-2)15-26-23(32)27-22(28)6-5-12-30-19-10-8-17(24)14-18(19)25/h7-10,13-14H,3-6,11-12,15H2,1-2H3,(H2,26,27,28,32). The quantitative estimate of drug-likeness (QED) is 0.296. The molecule has 0 radical (unpaired) electrons. The van der Waals surface area contributed by atoms with E-state index in [0.29, 0.717) is 53.5 Å². The second kappa shape index (κ2) is 14.0. The van der Waals surface area contributed by atoms with Crippen molar-refractivity contribution in [1.82, 2.24) is 10.6 Å². The number of nitrogens with one attached hydrogen (secondary N) is 2. The molecule has 2 N–H and O–H groups in total. The average molecular weight is 499 g/mol. The number of ether oxygens (including phenoxy) is 3. The highest BCUT2D eigenvalue weighted by Gasteiger charge is 2.09. The minimum absolute atomic E-state index is 0.189. The molecule has 0 aliphatic heterocycles. The molecule has 0 aliphatic rings. The smallest absolute Gasteiger partial charge is 0.226 e. The highest BCUT2D eigenvalue weighted by molar-refractivity contribution is 7.80. The Labute approximate surface area is 204 Å². The molecule has 0 saturated heterocycles. The van der Waals surface area contributed by atoms with Gasteiger partial charge in [0.25, 0.3) is 0 Å². The molecule has 0 spiro atoms. The Bertz CT molecular complexity index is 912. The SMILES string of the molecule is CCCCOc1ccc(CNC(=S)NC(=O)CCCOc2ccc(Cl)cc2Cl)cc1OC. The molecule has 0 aromatic heterocycles. The van der Waals surface area contributed by atoms with Crippen LogP contribution in [-0.4, -0.2) is 31.3 Å². The first-order valence-electron chi connectivity index (χ1n) is 10.4. The fraction of sp³-hybridized carbons (Fsp3) is 0.391. The molecule has 2 aromatic rings. The first-order valence-corrected chi connectivity index (χ1v) is 11.5. The predicted octanol–water partition coefficient (Wildman–Crippen LogP) is 5.53. The molecule has 1 amide bonds. The number of halogens is 2. The maximum absolute atomic E-state index is 12.1. The van der Waals surface area contributed by atoms with E-state index in [9.17, 15) is 4.79 Å². The lowest BCUT2D eigenvalue weighted by molar-refractivity contribution is -0.119. The van der Waals surface area contributed by atoms with Crippen LogP contribution in [0.4, 0.5) is 0 Å². The normalized spacial score (nSPS) is 10.4. The van der Waals surface area contributed by atoms with Crippen LogP contribution < -0.4 is 24.8 Å². The van der Waals surface area contributed by atoms with Crippen LogP contribution in [0, 0.1) is 0 Å². The van der Waals surface area contributed by atoms with E-state index in [1.54, 1.807) is 25.3 Å². The van der Waals surface area contributed by atoms with Crippen molar-refractivity contribution in [2.75, 3.05) is 20.3 Å². The van der Waals surface area contributed by atoms with Crippen molar-refractivity contribution in [2.45, 2.75) is 39.2 Å².